The molecule has 0 aliphatic heterocycles. The van der Waals surface area contributed by atoms with Crippen LogP contribution in [0.5, 0.6) is 0 Å². The van der Waals surface area contributed by atoms with Crippen LogP contribution in [-0.2, 0) is 6.54 Å². The molecule has 0 saturated carbocycles. The van der Waals surface area contributed by atoms with E-state index in [9.17, 15) is 9.90 Å². The third-order valence-electron chi connectivity index (χ3n) is 4.71. The first-order chi connectivity index (χ1) is 14.9. The number of aliphatic hydroxyl groups excluding tert-OH is 1. The zero-order chi connectivity index (χ0) is 22.0. The number of hydrogen-bond acceptors (Lipinski definition) is 8. The highest BCUT2D eigenvalue weighted by Crippen LogP contribution is 2.24. The van der Waals surface area contributed by atoms with Gasteiger partial charge in [0.15, 0.2) is 0 Å². The maximum absolute atomic E-state index is 12.5. The fraction of sp³-hybridized carbons (Fsp3) is 0.286. The van der Waals surface area contributed by atoms with Crippen LogP contribution in [0.3, 0.4) is 0 Å². The second-order valence-corrected chi connectivity index (χ2v) is 8.20. The largest absolute Gasteiger partial charge is 0.386 e. The summed E-state index contributed by atoms with van der Waals surface area (Å²) in [4.78, 5) is 26.0. The van der Waals surface area contributed by atoms with Crippen LogP contribution < -0.4 is 10.6 Å². The number of carbonyl (C=O) groups is 1. The molecule has 2 atom stereocenters. The predicted molar refractivity (Wildman–Crippen MR) is 120 cm³/mol. The molecule has 0 radical (unpaired) electrons. The van der Waals surface area contributed by atoms with Crippen molar-refractivity contribution in [2.24, 2.45) is 0 Å². The first-order valence-corrected chi connectivity index (χ1v) is 10.8. The second-order valence-electron chi connectivity index (χ2n) is 7.13. The Morgan fingerprint density at radius 1 is 1.26 bits per heavy atom. The number of amides is 1. The van der Waals surface area contributed by atoms with E-state index in [4.69, 9.17) is 0 Å². The Balaban J connectivity index is 1.46. The lowest BCUT2D eigenvalue weighted by atomic mass is 10.1. The van der Waals surface area contributed by atoms with E-state index in [0.717, 1.165) is 17.6 Å². The number of hydrogen-bond donors (Lipinski definition) is 3. The fourth-order valence-electron chi connectivity index (χ4n) is 3.05. The van der Waals surface area contributed by atoms with Crippen LogP contribution in [0.4, 0.5) is 11.5 Å². The average molecular weight is 438 g/mol. The summed E-state index contributed by atoms with van der Waals surface area (Å²) >= 11 is 1.18. The molecule has 4 aromatic rings. The Labute approximate surface area is 183 Å². The van der Waals surface area contributed by atoms with E-state index >= 15 is 0 Å². The highest BCUT2D eigenvalue weighted by Gasteiger charge is 2.15. The van der Waals surface area contributed by atoms with Crippen molar-refractivity contribution in [2.45, 2.75) is 39.5 Å². The summed E-state index contributed by atoms with van der Waals surface area (Å²) in [5.41, 5.74) is 3.01. The number of aromatic nitrogens is 5. The summed E-state index contributed by atoms with van der Waals surface area (Å²) < 4.78 is 1.80. The lowest BCUT2D eigenvalue weighted by Gasteiger charge is -2.16. The Bertz CT molecular complexity index is 1220. The first kappa shape index (κ1) is 20.9. The van der Waals surface area contributed by atoms with E-state index in [1.54, 1.807) is 17.8 Å². The molecule has 3 heterocycles. The molecular formula is C21H23N7O2S. The molecule has 0 spiro atoms. The summed E-state index contributed by atoms with van der Waals surface area (Å²) in [6, 6.07) is 7.53. The van der Waals surface area contributed by atoms with Crippen molar-refractivity contribution in [1.82, 2.24) is 24.7 Å². The minimum absolute atomic E-state index is 0.0675. The number of carbonyl (C=O) groups excluding carboxylic acids is 1. The molecule has 0 fully saturated rings. The van der Waals surface area contributed by atoms with Gasteiger partial charge in [0, 0.05) is 12.2 Å². The number of nitrogens with zero attached hydrogens (tertiary/aromatic N) is 5. The number of thiazole rings is 1. The highest BCUT2D eigenvalue weighted by atomic mass is 32.1. The Kier molecular flexibility index (Phi) is 5.92. The zero-order valence-corrected chi connectivity index (χ0v) is 18.2. The number of aryl methyl sites for hydroxylation is 1. The van der Waals surface area contributed by atoms with Gasteiger partial charge in [-0.2, -0.15) is 5.10 Å². The molecule has 10 heteroatoms. The average Bonchev–Trinajstić information content (AvgIpc) is 3.41. The lowest BCUT2D eigenvalue weighted by molar-refractivity contribution is 0.103. The van der Waals surface area contributed by atoms with E-state index in [2.05, 4.69) is 30.7 Å². The SMILES string of the molecule is CCn1cc2ncc(N[C@@H](C)c3cccc(NC(=O)c4cnc(C(C)O)s4)c3)nc2n1. The molecule has 0 aliphatic rings. The maximum atomic E-state index is 12.5. The molecule has 1 aromatic carbocycles. The van der Waals surface area contributed by atoms with Crippen molar-refractivity contribution in [2.75, 3.05) is 10.6 Å². The van der Waals surface area contributed by atoms with Gasteiger partial charge in [0.2, 0.25) is 5.65 Å². The van der Waals surface area contributed by atoms with Crippen LogP contribution in [0.2, 0.25) is 0 Å². The zero-order valence-electron chi connectivity index (χ0n) is 17.4. The molecule has 1 amide bonds. The van der Waals surface area contributed by atoms with Crippen molar-refractivity contribution >= 4 is 39.9 Å². The Morgan fingerprint density at radius 3 is 2.84 bits per heavy atom. The summed E-state index contributed by atoms with van der Waals surface area (Å²) in [6.07, 6.45) is 4.34. The minimum Gasteiger partial charge on any atom is -0.386 e. The third kappa shape index (κ3) is 4.70. The molecule has 0 aliphatic carbocycles. The van der Waals surface area contributed by atoms with Crippen LogP contribution in [0, 0.1) is 0 Å². The minimum atomic E-state index is -0.695. The molecule has 3 N–H and O–H groups in total. The Hall–Kier alpha value is -3.37. The van der Waals surface area contributed by atoms with Crippen LogP contribution in [0.1, 0.15) is 53.2 Å². The van der Waals surface area contributed by atoms with Crippen molar-refractivity contribution in [3.05, 3.63) is 58.3 Å². The number of anilines is 2. The molecule has 3 aromatic heterocycles. The van der Waals surface area contributed by atoms with Crippen LogP contribution in [0.15, 0.2) is 42.9 Å². The van der Waals surface area contributed by atoms with Gasteiger partial charge < -0.3 is 15.7 Å². The van der Waals surface area contributed by atoms with Crippen LogP contribution >= 0.6 is 11.3 Å². The Morgan fingerprint density at radius 2 is 2.10 bits per heavy atom. The van der Waals surface area contributed by atoms with Crippen molar-refractivity contribution in [3.8, 4) is 0 Å². The number of aliphatic hydroxyl groups is 1. The topological polar surface area (TPSA) is 118 Å². The molecule has 0 saturated heterocycles. The molecule has 31 heavy (non-hydrogen) atoms. The van der Waals surface area contributed by atoms with Crippen molar-refractivity contribution in [1.29, 1.82) is 0 Å². The van der Waals surface area contributed by atoms with Gasteiger partial charge in [-0.05, 0) is 38.5 Å². The van der Waals surface area contributed by atoms with Crippen molar-refractivity contribution in [3.63, 3.8) is 0 Å². The van der Waals surface area contributed by atoms with E-state index in [0.29, 0.717) is 27.0 Å². The van der Waals surface area contributed by atoms with E-state index < -0.39 is 6.10 Å². The molecule has 9 nitrogen and oxygen atoms in total. The molecule has 4 rings (SSSR count). The normalized spacial score (nSPS) is 13.2. The fourth-order valence-corrected chi connectivity index (χ4v) is 3.80. The first-order valence-electron chi connectivity index (χ1n) is 9.94. The van der Waals surface area contributed by atoms with E-state index in [1.807, 2.05) is 44.3 Å². The van der Waals surface area contributed by atoms with Gasteiger partial charge in [-0.1, -0.05) is 12.1 Å². The van der Waals surface area contributed by atoms with Crippen LogP contribution in [0.25, 0.3) is 11.2 Å². The highest BCUT2D eigenvalue weighted by molar-refractivity contribution is 7.13. The van der Waals surface area contributed by atoms with Gasteiger partial charge in [-0.3, -0.25) is 9.48 Å². The van der Waals surface area contributed by atoms with Gasteiger partial charge in [0.05, 0.1) is 24.6 Å². The van der Waals surface area contributed by atoms with Crippen molar-refractivity contribution < 1.29 is 9.90 Å². The number of benzene rings is 1. The smallest absolute Gasteiger partial charge is 0.267 e. The molecule has 160 valence electrons. The summed E-state index contributed by atoms with van der Waals surface area (Å²) in [5.74, 6) is 0.371. The quantitative estimate of drug-likeness (QED) is 0.403. The van der Waals surface area contributed by atoms with E-state index in [-0.39, 0.29) is 11.9 Å². The van der Waals surface area contributed by atoms with Gasteiger partial charge in [-0.25, -0.2) is 15.0 Å². The van der Waals surface area contributed by atoms with Gasteiger partial charge >= 0.3 is 0 Å². The van der Waals surface area contributed by atoms with Gasteiger partial charge in [0.1, 0.15) is 27.3 Å². The molecular weight excluding hydrogens is 414 g/mol. The molecule has 0 bridgehead atoms. The monoisotopic (exact) mass is 437 g/mol. The third-order valence-corrected chi connectivity index (χ3v) is 5.88. The van der Waals surface area contributed by atoms with Gasteiger partial charge in [0.25, 0.3) is 5.91 Å². The standard InChI is InChI=1S/C21H23N7O2S/c1-4-28-11-16-19(27-28)26-18(10-22-16)24-12(2)14-6-5-7-15(8-14)25-20(30)17-9-23-21(31-17)13(3)29/h5-13,29H,4H2,1-3H3,(H,25,30)(H,24,26,27)/t12-,13?/m0/s1. The second kappa shape index (κ2) is 8.78. The number of fused-ring (bicyclic) bond motifs is 1. The summed E-state index contributed by atoms with van der Waals surface area (Å²) in [6.45, 7) is 6.41. The lowest BCUT2D eigenvalue weighted by Crippen LogP contribution is -2.12. The van der Waals surface area contributed by atoms with Gasteiger partial charge in [-0.15, -0.1) is 11.3 Å². The number of rotatable bonds is 7. The maximum Gasteiger partial charge on any atom is 0.267 e. The number of nitrogens with one attached hydrogen (secondary N) is 2. The predicted octanol–water partition coefficient (Wildman–Crippen LogP) is 3.78. The van der Waals surface area contributed by atoms with Crippen LogP contribution in [-0.4, -0.2) is 35.7 Å². The van der Waals surface area contributed by atoms with E-state index in [1.165, 1.54) is 17.5 Å². The summed E-state index contributed by atoms with van der Waals surface area (Å²) in [7, 11) is 0. The molecule has 1 unspecified atom stereocenters. The summed E-state index contributed by atoms with van der Waals surface area (Å²) in [5, 5.41) is 20.7.